The number of H-pyrrole nitrogens is 1. The third-order valence-electron chi connectivity index (χ3n) is 1.10. The van der Waals surface area contributed by atoms with Gasteiger partial charge < -0.3 is 4.74 Å². The lowest BCUT2D eigenvalue weighted by molar-refractivity contribution is -0.384. The van der Waals surface area contributed by atoms with E-state index >= 15 is 0 Å². The molecule has 0 atom stereocenters. The third kappa shape index (κ3) is 7.17. The summed E-state index contributed by atoms with van der Waals surface area (Å²) < 4.78 is 4.55. The highest BCUT2D eigenvalue weighted by molar-refractivity contribution is 5.37. The molecule has 1 heterocycles. The molecule has 0 aromatic carbocycles. The number of hydrogen-bond donors (Lipinski definition) is 1. The molecule has 15 heavy (non-hydrogen) atoms. The Morgan fingerprint density at radius 1 is 1.60 bits per heavy atom. The summed E-state index contributed by atoms with van der Waals surface area (Å²) in [5, 5.41) is 15.5. The van der Waals surface area contributed by atoms with Crippen molar-refractivity contribution in [2.75, 3.05) is 0 Å². The Bertz CT molecular complexity index is 302. The van der Waals surface area contributed by atoms with Crippen LogP contribution in [0.2, 0.25) is 0 Å². The van der Waals surface area contributed by atoms with Gasteiger partial charge in [-0.15, -0.1) is 0 Å². The second kappa shape index (κ2) is 5.74. The maximum atomic E-state index is 9.81. The van der Waals surface area contributed by atoms with E-state index in [1.807, 2.05) is 20.8 Å². The molecule has 0 radical (unpaired) electrons. The molecule has 1 N–H and O–H groups in total. The summed E-state index contributed by atoms with van der Waals surface area (Å²) >= 11 is 0. The molecule has 1 aromatic rings. The first-order chi connectivity index (χ1) is 6.87. The summed E-state index contributed by atoms with van der Waals surface area (Å²) in [4.78, 5) is 18.9. The van der Waals surface area contributed by atoms with Crippen LogP contribution in [0.25, 0.3) is 0 Å². The number of nitrogens with zero attached hydrogens (tertiary/aromatic N) is 2. The molecule has 0 saturated heterocycles. The first-order valence-corrected chi connectivity index (χ1v) is 4.11. The molecule has 0 aliphatic heterocycles. The average molecular weight is 215 g/mol. The van der Waals surface area contributed by atoms with E-state index in [2.05, 4.69) is 14.9 Å². The maximum Gasteiger partial charge on any atom is 0.306 e. The van der Waals surface area contributed by atoms with Crippen molar-refractivity contribution in [1.82, 2.24) is 10.2 Å². The van der Waals surface area contributed by atoms with Gasteiger partial charge in [0.25, 0.3) is 6.47 Å². The van der Waals surface area contributed by atoms with Gasteiger partial charge in [-0.05, 0) is 20.8 Å². The summed E-state index contributed by atoms with van der Waals surface area (Å²) in [7, 11) is 0. The second-order valence-electron chi connectivity index (χ2n) is 3.54. The summed E-state index contributed by atoms with van der Waals surface area (Å²) in [6.07, 6.45) is 2.38. The maximum absolute atomic E-state index is 9.81. The first-order valence-electron chi connectivity index (χ1n) is 4.11. The van der Waals surface area contributed by atoms with Crippen LogP contribution in [0.3, 0.4) is 0 Å². The molecule has 0 bridgehead atoms. The van der Waals surface area contributed by atoms with Crippen LogP contribution in [0, 0.1) is 10.1 Å². The van der Waals surface area contributed by atoms with Crippen molar-refractivity contribution in [2.24, 2.45) is 0 Å². The Labute approximate surface area is 86.6 Å². The van der Waals surface area contributed by atoms with Crippen molar-refractivity contribution < 1.29 is 14.5 Å². The largest absolute Gasteiger partial charge is 0.462 e. The minimum atomic E-state index is -0.510. The van der Waals surface area contributed by atoms with Gasteiger partial charge in [-0.25, -0.2) is 0 Å². The minimum absolute atomic E-state index is 0.00926. The van der Waals surface area contributed by atoms with E-state index in [-0.39, 0.29) is 11.3 Å². The topological polar surface area (TPSA) is 98.1 Å². The zero-order valence-corrected chi connectivity index (χ0v) is 8.76. The lowest BCUT2D eigenvalue weighted by Gasteiger charge is -2.14. The summed E-state index contributed by atoms with van der Waals surface area (Å²) in [5.74, 6) is 0. The minimum Gasteiger partial charge on any atom is -0.462 e. The molecule has 1 rings (SSSR count). The van der Waals surface area contributed by atoms with E-state index in [9.17, 15) is 14.9 Å². The fourth-order valence-electron chi connectivity index (χ4n) is 0.488. The van der Waals surface area contributed by atoms with Crippen LogP contribution in [-0.4, -0.2) is 27.2 Å². The van der Waals surface area contributed by atoms with Crippen LogP contribution in [0.1, 0.15) is 20.8 Å². The molecule has 7 nitrogen and oxygen atoms in total. The van der Waals surface area contributed by atoms with E-state index in [4.69, 9.17) is 0 Å². The van der Waals surface area contributed by atoms with Crippen molar-refractivity contribution in [3.8, 4) is 0 Å². The quantitative estimate of drug-likeness (QED) is 0.455. The molecule has 0 fully saturated rings. The average Bonchev–Trinajstić information content (AvgIpc) is 2.53. The number of ether oxygens (including phenoxy) is 1. The zero-order chi connectivity index (χ0) is 11.9. The Morgan fingerprint density at radius 3 is 2.33 bits per heavy atom. The Balaban J connectivity index is 0.000000265. The van der Waals surface area contributed by atoms with Gasteiger partial charge in [-0.3, -0.25) is 20.0 Å². The number of aromatic nitrogens is 2. The summed E-state index contributed by atoms with van der Waals surface area (Å²) in [6, 6.07) is 0. The van der Waals surface area contributed by atoms with E-state index < -0.39 is 4.92 Å². The van der Waals surface area contributed by atoms with E-state index in [1.165, 1.54) is 6.20 Å². The lowest BCUT2D eigenvalue weighted by Crippen LogP contribution is -2.17. The predicted molar refractivity (Wildman–Crippen MR) is 52.1 cm³/mol. The number of hydrogen-bond acceptors (Lipinski definition) is 5. The van der Waals surface area contributed by atoms with Crippen LogP contribution in [0.15, 0.2) is 12.4 Å². The van der Waals surface area contributed by atoms with Crippen LogP contribution >= 0.6 is 0 Å². The molecule has 0 amide bonds. The molecule has 7 heteroatoms. The van der Waals surface area contributed by atoms with Gasteiger partial charge in [0.1, 0.15) is 11.8 Å². The van der Waals surface area contributed by atoms with Crippen molar-refractivity contribution >= 4 is 12.2 Å². The molecule has 84 valence electrons. The van der Waals surface area contributed by atoms with Crippen molar-refractivity contribution in [1.29, 1.82) is 0 Å². The number of carbonyl (C=O) groups is 1. The Hall–Kier alpha value is -1.92. The monoisotopic (exact) mass is 215 g/mol. The smallest absolute Gasteiger partial charge is 0.306 e. The normalized spacial score (nSPS) is 9.80. The Morgan fingerprint density at radius 2 is 2.20 bits per heavy atom. The molecule has 0 aliphatic carbocycles. The number of rotatable bonds is 2. The van der Waals surface area contributed by atoms with Gasteiger partial charge in [-0.1, -0.05) is 0 Å². The number of nitro groups is 1. The number of aromatic amines is 1. The van der Waals surface area contributed by atoms with Crippen molar-refractivity contribution in [3.05, 3.63) is 22.5 Å². The molecular formula is C8H13N3O4. The molecule has 0 aliphatic rings. The molecular weight excluding hydrogens is 202 g/mol. The third-order valence-corrected chi connectivity index (χ3v) is 1.10. The lowest BCUT2D eigenvalue weighted by atomic mass is 10.2. The zero-order valence-electron chi connectivity index (χ0n) is 8.76. The predicted octanol–water partition coefficient (Wildman–Crippen LogP) is 1.28. The SMILES string of the molecule is CC(C)(C)OC=O.O=[N+]([O-])c1cn[nH]c1. The number of nitrogens with one attached hydrogen (secondary N) is 1. The van der Waals surface area contributed by atoms with Gasteiger partial charge in [-0.2, -0.15) is 5.10 Å². The van der Waals surface area contributed by atoms with Crippen LogP contribution < -0.4 is 0 Å². The Kier molecular flexibility index (Phi) is 5.00. The molecule has 1 aromatic heterocycles. The highest BCUT2D eigenvalue weighted by Crippen LogP contribution is 2.03. The molecule has 0 unspecified atom stereocenters. The number of carbonyl (C=O) groups excluding carboxylic acids is 1. The standard InChI is InChI=1S/C5H10O2.C3H3N3O2/c1-5(2,3)7-4-6;7-6(8)3-1-4-5-2-3/h4H,1-3H3;1-2H,(H,4,5). The summed E-state index contributed by atoms with van der Waals surface area (Å²) in [5.41, 5.74) is -0.327. The van der Waals surface area contributed by atoms with Gasteiger partial charge >= 0.3 is 5.69 Å². The van der Waals surface area contributed by atoms with E-state index in [0.29, 0.717) is 6.47 Å². The summed E-state index contributed by atoms with van der Waals surface area (Å²) in [6.45, 7) is 5.92. The van der Waals surface area contributed by atoms with Gasteiger partial charge in [0, 0.05) is 0 Å². The first kappa shape index (κ1) is 13.1. The van der Waals surface area contributed by atoms with Gasteiger partial charge in [0.2, 0.25) is 0 Å². The molecule has 0 saturated carbocycles. The highest BCUT2D eigenvalue weighted by Gasteiger charge is 2.07. The highest BCUT2D eigenvalue weighted by atomic mass is 16.6. The fraction of sp³-hybridized carbons (Fsp3) is 0.500. The van der Waals surface area contributed by atoms with Crippen LogP contribution in [0.5, 0.6) is 0 Å². The van der Waals surface area contributed by atoms with Crippen molar-refractivity contribution in [2.45, 2.75) is 26.4 Å². The van der Waals surface area contributed by atoms with E-state index in [0.717, 1.165) is 6.20 Å². The van der Waals surface area contributed by atoms with Crippen LogP contribution in [-0.2, 0) is 9.53 Å². The van der Waals surface area contributed by atoms with Crippen LogP contribution in [0.4, 0.5) is 5.69 Å². The molecule has 0 spiro atoms. The van der Waals surface area contributed by atoms with Gasteiger partial charge in [0.15, 0.2) is 0 Å². The van der Waals surface area contributed by atoms with Crippen molar-refractivity contribution in [3.63, 3.8) is 0 Å². The van der Waals surface area contributed by atoms with Gasteiger partial charge in [0.05, 0.1) is 11.1 Å². The fourth-order valence-corrected chi connectivity index (χ4v) is 0.488. The van der Waals surface area contributed by atoms with E-state index in [1.54, 1.807) is 0 Å². The second-order valence-corrected chi connectivity index (χ2v) is 3.54.